The van der Waals surface area contributed by atoms with E-state index in [9.17, 15) is 14.9 Å². The van der Waals surface area contributed by atoms with E-state index < -0.39 is 10.8 Å². The number of halogens is 1. The van der Waals surface area contributed by atoms with Crippen LogP contribution in [0.25, 0.3) is 0 Å². The van der Waals surface area contributed by atoms with E-state index in [-0.39, 0.29) is 11.3 Å². The number of carbonyl (C=O) groups is 1. The number of hydrogen-bond donors (Lipinski definition) is 2. The van der Waals surface area contributed by atoms with E-state index in [0.29, 0.717) is 16.4 Å². The maximum Gasteiger partial charge on any atom is 0.271 e. The molecule has 0 spiro atoms. The molecule has 0 aliphatic rings. The number of hydrogen-bond acceptors (Lipinski definition) is 5. The third-order valence-corrected chi connectivity index (χ3v) is 3.26. The molecule has 0 aliphatic heterocycles. The van der Waals surface area contributed by atoms with Crippen molar-refractivity contribution in [3.8, 4) is 6.07 Å². The topological polar surface area (TPSA) is 108 Å². The molecular formula is C16H11ClN4O3. The number of amides is 1. The number of para-hydroxylation sites is 1. The molecule has 0 bridgehead atoms. The molecule has 0 aromatic heterocycles. The molecule has 1 amide bonds. The average Bonchev–Trinajstić information content (AvgIpc) is 2.57. The summed E-state index contributed by atoms with van der Waals surface area (Å²) in [4.78, 5) is 22.3. The monoisotopic (exact) mass is 342 g/mol. The molecule has 0 aliphatic carbocycles. The van der Waals surface area contributed by atoms with Gasteiger partial charge in [0.05, 0.1) is 15.6 Å². The number of nitrogens with zero attached hydrogens (tertiary/aromatic N) is 2. The van der Waals surface area contributed by atoms with Gasteiger partial charge in [-0.1, -0.05) is 29.8 Å². The maximum absolute atomic E-state index is 12.1. The molecule has 24 heavy (non-hydrogen) atoms. The largest absolute Gasteiger partial charge is 0.360 e. The zero-order valence-electron chi connectivity index (χ0n) is 12.2. The van der Waals surface area contributed by atoms with E-state index in [1.54, 1.807) is 36.4 Å². The summed E-state index contributed by atoms with van der Waals surface area (Å²) in [5, 5.41) is 25.4. The highest BCUT2D eigenvalue weighted by molar-refractivity contribution is 6.33. The number of nitro benzene ring substituents is 1. The van der Waals surface area contributed by atoms with E-state index >= 15 is 0 Å². The van der Waals surface area contributed by atoms with Gasteiger partial charge in [-0.15, -0.1) is 0 Å². The zero-order valence-corrected chi connectivity index (χ0v) is 12.9. The predicted octanol–water partition coefficient (Wildman–Crippen LogP) is 3.71. The van der Waals surface area contributed by atoms with Gasteiger partial charge in [-0.25, -0.2) is 0 Å². The molecule has 0 fully saturated rings. The molecule has 2 aromatic rings. The lowest BCUT2D eigenvalue weighted by Gasteiger charge is -2.06. The van der Waals surface area contributed by atoms with Crippen LogP contribution in [0.2, 0.25) is 5.02 Å². The number of benzene rings is 2. The fraction of sp³-hybridized carbons (Fsp3) is 0. The summed E-state index contributed by atoms with van der Waals surface area (Å²) in [5.74, 6) is -0.650. The summed E-state index contributed by atoms with van der Waals surface area (Å²) < 4.78 is 0. The number of nitro groups is 1. The van der Waals surface area contributed by atoms with Crippen LogP contribution in [0.4, 0.5) is 17.1 Å². The van der Waals surface area contributed by atoms with E-state index in [0.717, 1.165) is 0 Å². The summed E-state index contributed by atoms with van der Waals surface area (Å²) in [7, 11) is 0. The smallest absolute Gasteiger partial charge is 0.271 e. The van der Waals surface area contributed by atoms with Crippen LogP contribution in [0.3, 0.4) is 0 Å². The van der Waals surface area contributed by atoms with Gasteiger partial charge in [-0.05, 0) is 18.2 Å². The normalized spacial score (nSPS) is 10.6. The number of non-ortho nitro benzene ring substituents is 1. The average molecular weight is 343 g/mol. The van der Waals surface area contributed by atoms with Gasteiger partial charge in [0.25, 0.3) is 11.6 Å². The van der Waals surface area contributed by atoms with Crippen molar-refractivity contribution in [1.82, 2.24) is 0 Å². The predicted molar refractivity (Wildman–Crippen MR) is 90.5 cm³/mol. The number of carbonyl (C=O) groups excluding carboxylic acids is 1. The zero-order chi connectivity index (χ0) is 17.5. The molecule has 0 saturated heterocycles. The van der Waals surface area contributed by atoms with E-state index in [1.165, 1.54) is 24.4 Å². The molecule has 0 atom stereocenters. The highest BCUT2D eigenvalue weighted by Gasteiger charge is 2.11. The second kappa shape index (κ2) is 7.76. The minimum absolute atomic E-state index is 0.104. The van der Waals surface area contributed by atoms with Crippen LogP contribution in [0.15, 0.2) is 60.3 Å². The Hall–Kier alpha value is -3.37. The first-order valence-corrected chi connectivity index (χ1v) is 7.06. The lowest BCUT2D eigenvalue weighted by Crippen LogP contribution is -2.14. The quantitative estimate of drug-likeness (QED) is 0.372. The highest BCUT2D eigenvalue weighted by atomic mass is 35.5. The van der Waals surface area contributed by atoms with Crippen LogP contribution in [0.5, 0.6) is 0 Å². The number of nitriles is 1. The summed E-state index contributed by atoms with van der Waals surface area (Å²) in [6.45, 7) is 0. The van der Waals surface area contributed by atoms with Crippen molar-refractivity contribution in [3.63, 3.8) is 0 Å². The van der Waals surface area contributed by atoms with Crippen LogP contribution >= 0.6 is 11.6 Å². The molecule has 120 valence electrons. The third-order valence-electron chi connectivity index (χ3n) is 2.93. The standard InChI is InChI=1S/C16H11ClN4O3/c17-14-6-1-2-7-15(14)20-16(22)11(9-18)10-19-12-4-3-5-13(8-12)21(23)24/h1-8,10,19H,(H,20,22)/b11-10-. The Morgan fingerprint density at radius 2 is 2.00 bits per heavy atom. The van der Waals surface area contributed by atoms with Crippen molar-refractivity contribution < 1.29 is 9.72 Å². The van der Waals surface area contributed by atoms with Gasteiger partial charge in [0.2, 0.25) is 0 Å². The minimum atomic E-state index is -0.650. The second-order valence-electron chi connectivity index (χ2n) is 4.56. The van der Waals surface area contributed by atoms with E-state index in [4.69, 9.17) is 16.9 Å². The Balaban J connectivity index is 2.13. The Morgan fingerprint density at radius 1 is 1.25 bits per heavy atom. The molecule has 0 saturated carbocycles. The SMILES string of the molecule is N#C/C(=C/Nc1cccc([N+](=O)[O-])c1)C(=O)Nc1ccccc1Cl. The molecule has 8 heteroatoms. The fourth-order valence-corrected chi connectivity index (χ4v) is 1.95. The second-order valence-corrected chi connectivity index (χ2v) is 4.96. The van der Waals surface area contributed by atoms with Crippen LogP contribution in [-0.4, -0.2) is 10.8 Å². The van der Waals surface area contributed by atoms with Gasteiger partial charge >= 0.3 is 0 Å². The molecule has 0 radical (unpaired) electrons. The summed E-state index contributed by atoms with van der Waals surface area (Å²) in [6.07, 6.45) is 1.17. The summed E-state index contributed by atoms with van der Waals surface area (Å²) in [6, 6.07) is 14.1. The maximum atomic E-state index is 12.1. The van der Waals surface area contributed by atoms with Gasteiger partial charge in [-0.2, -0.15) is 5.26 Å². The highest BCUT2D eigenvalue weighted by Crippen LogP contribution is 2.21. The third kappa shape index (κ3) is 4.32. The minimum Gasteiger partial charge on any atom is -0.360 e. The Kier molecular flexibility index (Phi) is 5.49. The van der Waals surface area contributed by atoms with Crippen molar-refractivity contribution in [2.75, 3.05) is 10.6 Å². The summed E-state index contributed by atoms with van der Waals surface area (Å²) in [5.41, 5.74) is 0.442. The van der Waals surface area contributed by atoms with Crippen molar-refractivity contribution in [2.45, 2.75) is 0 Å². The van der Waals surface area contributed by atoms with Crippen molar-refractivity contribution in [1.29, 1.82) is 5.26 Å². The molecule has 2 rings (SSSR count). The Labute approximate surface area is 142 Å². The molecule has 2 N–H and O–H groups in total. The van der Waals surface area contributed by atoms with Crippen LogP contribution in [0, 0.1) is 21.4 Å². The lowest BCUT2D eigenvalue weighted by atomic mass is 10.2. The van der Waals surface area contributed by atoms with Crippen molar-refractivity contribution >= 4 is 34.6 Å². The number of nitrogens with one attached hydrogen (secondary N) is 2. The lowest BCUT2D eigenvalue weighted by molar-refractivity contribution is -0.384. The number of rotatable bonds is 5. The molecule has 2 aromatic carbocycles. The van der Waals surface area contributed by atoms with Crippen LogP contribution in [-0.2, 0) is 4.79 Å². The fourth-order valence-electron chi connectivity index (χ4n) is 1.77. The Bertz CT molecular complexity index is 858. The number of anilines is 2. The van der Waals surface area contributed by atoms with Crippen molar-refractivity contribution in [3.05, 3.63) is 75.4 Å². The van der Waals surface area contributed by atoms with Gasteiger partial charge in [0.15, 0.2) is 0 Å². The molecule has 7 nitrogen and oxygen atoms in total. The van der Waals surface area contributed by atoms with E-state index in [2.05, 4.69) is 10.6 Å². The van der Waals surface area contributed by atoms with Gasteiger partial charge in [0, 0.05) is 24.0 Å². The molecule has 0 unspecified atom stereocenters. The van der Waals surface area contributed by atoms with Crippen LogP contribution in [0.1, 0.15) is 0 Å². The first kappa shape index (κ1) is 17.0. The van der Waals surface area contributed by atoms with Crippen LogP contribution < -0.4 is 10.6 Å². The first-order chi connectivity index (χ1) is 11.5. The summed E-state index contributed by atoms with van der Waals surface area (Å²) >= 11 is 5.94. The first-order valence-electron chi connectivity index (χ1n) is 6.68. The Morgan fingerprint density at radius 3 is 2.67 bits per heavy atom. The molecule has 0 heterocycles. The van der Waals surface area contributed by atoms with E-state index in [1.807, 2.05) is 0 Å². The molecular weight excluding hydrogens is 332 g/mol. The van der Waals surface area contributed by atoms with Crippen molar-refractivity contribution in [2.24, 2.45) is 0 Å². The van der Waals surface area contributed by atoms with Gasteiger partial charge in [-0.3, -0.25) is 14.9 Å². The van der Waals surface area contributed by atoms with Gasteiger partial charge < -0.3 is 10.6 Å². The van der Waals surface area contributed by atoms with Gasteiger partial charge in [0.1, 0.15) is 11.6 Å².